The Morgan fingerprint density at radius 3 is 2.23 bits per heavy atom. The molecule has 6 nitrogen and oxygen atoms in total. The Labute approximate surface area is 177 Å². The van der Waals surface area contributed by atoms with Crippen LogP contribution in [0.5, 0.6) is 0 Å². The maximum Gasteiger partial charge on any atom is 0.259 e. The number of anilines is 2. The summed E-state index contributed by atoms with van der Waals surface area (Å²) in [5, 5.41) is 10.2. The number of amides is 2. The van der Waals surface area contributed by atoms with Crippen LogP contribution in [0.1, 0.15) is 49.3 Å². The van der Waals surface area contributed by atoms with Crippen molar-refractivity contribution in [1.29, 1.82) is 0 Å². The first-order chi connectivity index (χ1) is 14.2. The van der Waals surface area contributed by atoms with Crippen molar-refractivity contribution in [3.05, 3.63) is 71.5 Å². The molecule has 0 aliphatic heterocycles. The Kier molecular flexibility index (Phi) is 6.06. The molecule has 1 heterocycles. The summed E-state index contributed by atoms with van der Waals surface area (Å²) in [4.78, 5) is 25.2. The van der Waals surface area contributed by atoms with Gasteiger partial charge in [0.05, 0.1) is 23.1 Å². The fourth-order valence-electron chi connectivity index (χ4n) is 3.00. The van der Waals surface area contributed by atoms with Gasteiger partial charge in [0.2, 0.25) is 5.91 Å². The Morgan fingerprint density at radius 1 is 1.00 bits per heavy atom. The average molecular weight is 405 g/mol. The van der Waals surface area contributed by atoms with Crippen LogP contribution < -0.4 is 10.6 Å². The molecule has 1 aromatic heterocycles. The van der Waals surface area contributed by atoms with Gasteiger partial charge in [-0.2, -0.15) is 5.10 Å². The van der Waals surface area contributed by atoms with E-state index < -0.39 is 5.41 Å². The molecule has 0 aliphatic rings. The molecule has 3 rings (SSSR count). The van der Waals surface area contributed by atoms with Crippen LogP contribution >= 0.6 is 0 Å². The summed E-state index contributed by atoms with van der Waals surface area (Å²) in [6.07, 6.45) is 2.26. The number of hydrogen-bond donors (Lipinski definition) is 2. The van der Waals surface area contributed by atoms with Gasteiger partial charge in [-0.3, -0.25) is 9.59 Å². The van der Waals surface area contributed by atoms with E-state index in [4.69, 9.17) is 0 Å². The normalized spacial score (nSPS) is 11.2. The standard InChI is InChI=1S/C24H28N4O2/c1-6-21-20(15-25-28(21)19-12-10-16(2)11-13-19)22(29)26-17-8-7-9-18(14-17)27-23(30)24(3,4)5/h7-15H,6H2,1-5H3,(H,26,29)(H,27,30). The number of aromatic nitrogens is 2. The number of hydrogen-bond acceptors (Lipinski definition) is 3. The number of rotatable bonds is 5. The molecule has 0 aliphatic carbocycles. The minimum absolute atomic E-state index is 0.0846. The van der Waals surface area contributed by atoms with Crippen molar-refractivity contribution in [3.8, 4) is 5.69 Å². The molecule has 156 valence electrons. The third-order valence-electron chi connectivity index (χ3n) is 4.79. The molecule has 0 atom stereocenters. The van der Waals surface area contributed by atoms with E-state index in [1.54, 1.807) is 35.1 Å². The van der Waals surface area contributed by atoms with Crippen LogP contribution in [0.2, 0.25) is 0 Å². The Balaban J connectivity index is 1.81. The quantitative estimate of drug-likeness (QED) is 0.630. The maximum absolute atomic E-state index is 12.9. The van der Waals surface area contributed by atoms with Crippen LogP contribution in [0.4, 0.5) is 11.4 Å². The molecular weight excluding hydrogens is 376 g/mol. The SMILES string of the molecule is CCc1c(C(=O)Nc2cccc(NC(=O)C(C)(C)C)c2)cnn1-c1ccc(C)cc1. The number of carbonyl (C=O) groups excluding carboxylic acids is 2. The fraction of sp³-hybridized carbons (Fsp3) is 0.292. The van der Waals surface area contributed by atoms with E-state index in [2.05, 4.69) is 15.7 Å². The molecule has 2 amide bonds. The number of nitrogens with one attached hydrogen (secondary N) is 2. The summed E-state index contributed by atoms with van der Waals surface area (Å²) in [5.74, 6) is -0.317. The Bertz CT molecular complexity index is 1060. The smallest absolute Gasteiger partial charge is 0.259 e. The Morgan fingerprint density at radius 2 is 1.63 bits per heavy atom. The van der Waals surface area contributed by atoms with Crippen LogP contribution in [0.25, 0.3) is 5.69 Å². The van der Waals surface area contributed by atoms with Crippen molar-refractivity contribution in [3.63, 3.8) is 0 Å². The minimum Gasteiger partial charge on any atom is -0.326 e. The molecule has 0 unspecified atom stereocenters. The first kappa shape index (κ1) is 21.3. The van der Waals surface area contributed by atoms with Gasteiger partial charge in [-0.15, -0.1) is 0 Å². The lowest BCUT2D eigenvalue weighted by molar-refractivity contribution is -0.123. The molecule has 30 heavy (non-hydrogen) atoms. The largest absolute Gasteiger partial charge is 0.326 e. The molecule has 2 N–H and O–H groups in total. The summed E-state index contributed by atoms with van der Waals surface area (Å²) in [6, 6.07) is 15.2. The lowest BCUT2D eigenvalue weighted by Gasteiger charge is -2.18. The van der Waals surface area contributed by atoms with Crippen LogP contribution in [-0.2, 0) is 11.2 Å². The van der Waals surface area contributed by atoms with Crippen molar-refractivity contribution in [1.82, 2.24) is 9.78 Å². The number of aryl methyl sites for hydroxylation is 1. The van der Waals surface area contributed by atoms with Gasteiger partial charge in [0, 0.05) is 16.8 Å². The summed E-state index contributed by atoms with van der Waals surface area (Å²) in [5.41, 5.74) is 4.20. The fourth-order valence-corrected chi connectivity index (χ4v) is 3.00. The second-order valence-corrected chi connectivity index (χ2v) is 8.34. The lowest BCUT2D eigenvalue weighted by Crippen LogP contribution is -2.27. The predicted molar refractivity (Wildman–Crippen MR) is 120 cm³/mol. The molecule has 2 aromatic carbocycles. The molecular formula is C24H28N4O2. The highest BCUT2D eigenvalue weighted by Gasteiger charge is 2.21. The predicted octanol–water partition coefficient (Wildman–Crippen LogP) is 4.98. The van der Waals surface area contributed by atoms with Gasteiger partial charge in [0.15, 0.2) is 0 Å². The van der Waals surface area contributed by atoms with E-state index in [9.17, 15) is 9.59 Å². The van der Waals surface area contributed by atoms with E-state index in [1.165, 1.54) is 5.56 Å². The highest BCUT2D eigenvalue weighted by molar-refractivity contribution is 6.05. The second kappa shape index (κ2) is 8.53. The highest BCUT2D eigenvalue weighted by atomic mass is 16.2. The van der Waals surface area contributed by atoms with Gasteiger partial charge in [-0.25, -0.2) is 4.68 Å². The lowest BCUT2D eigenvalue weighted by atomic mass is 9.95. The van der Waals surface area contributed by atoms with Crippen molar-refractivity contribution in [2.24, 2.45) is 5.41 Å². The maximum atomic E-state index is 12.9. The zero-order valence-electron chi connectivity index (χ0n) is 18.1. The van der Waals surface area contributed by atoms with Crippen LogP contribution in [-0.4, -0.2) is 21.6 Å². The summed E-state index contributed by atoms with van der Waals surface area (Å²) >= 11 is 0. The van der Waals surface area contributed by atoms with Crippen molar-refractivity contribution < 1.29 is 9.59 Å². The van der Waals surface area contributed by atoms with Gasteiger partial charge in [0.1, 0.15) is 0 Å². The van der Waals surface area contributed by atoms with Crippen molar-refractivity contribution in [2.45, 2.75) is 41.0 Å². The molecule has 3 aromatic rings. The first-order valence-electron chi connectivity index (χ1n) is 10.1. The molecule has 0 fully saturated rings. The molecule has 0 saturated heterocycles. The first-order valence-corrected chi connectivity index (χ1v) is 10.1. The van der Waals surface area contributed by atoms with Gasteiger partial charge in [-0.05, 0) is 43.7 Å². The van der Waals surface area contributed by atoms with Crippen LogP contribution in [0, 0.1) is 12.3 Å². The Hall–Kier alpha value is -3.41. The van der Waals surface area contributed by atoms with Gasteiger partial charge >= 0.3 is 0 Å². The van der Waals surface area contributed by atoms with Crippen molar-refractivity contribution in [2.75, 3.05) is 10.6 Å². The second-order valence-electron chi connectivity index (χ2n) is 8.34. The third-order valence-corrected chi connectivity index (χ3v) is 4.79. The molecule has 0 radical (unpaired) electrons. The van der Waals surface area contributed by atoms with Crippen molar-refractivity contribution >= 4 is 23.2 Å². The topological polar surface area (TPSA) is 76.0 Å². The molecule has 0 spiro atoms. The van der Waals surface area contributed by atoms with E-state index in [1.807, 2.05) is 58.9 Å². The summed E-state index contributed by atoms with van der Waals surface area (Å²) < 4.78 is 1.80. The highest BCUT2D eigenvalue weighted by Crippen LogP contribution is 2.22. The molecule has 0 saturated carbocycles. The van der Waals surface area contributed by atoms with Gasteiger partial charge in [-0.1, -0.05) is 51.5 Å². The van der Waals surface area contributed by atoms with E-state index in [0.29, 0.717) is 23.4 Å². The summed E-state index contributed by atoms with van der Waals surface area (Å²) in [6.45, 7) is 9.59. The van der Waals surface area contributed by atoms with Crippen LogP contribution in [0.15, 0.2) is 54.7 Å². The third kappa shape index (κ3) is 4.76. The number of nitrogens with zero attached hydrogens (tertiary/aromatic N) is 2. The number of carbonyl (C=O) groups is 2. The molecule has 6 heteroatoms. The number of benzene rings is 2. The summed E-state index contributed by atoms with van der Waals surface area (Å²) in [7, 11) is 0. The monoisotopic (exact) mass is 404 g/mol. The van der Waals surface area contributed by atoms with E-state index in [-0.39, 0.29) is 11.8 Å². The van der Waals surface area contributed by atoms with Gasteiger partial charge < -0.3 is 10.6 Å². The van der Waals surface area contributed by atoms with Gasteiger partial charge in [0.25, 0.3) is 5.91 Å². The van der Waals surface area contributed by atoms with E-state index in [0.717, 1.165) is 11.4 Å². The van der Waals surface area contributed by atoms with E-state index >= 15 is 0 Å². The average Bonchev–Trinajstić information content (AvgIpc) is 3.12. The minimum atomic E-state index is -0.500. The zero-order valence-corrected chi connectivity index (χ0v) is 18.1. The molecule has 0 bridgehead atoms. The van der Waals surface area contributed by atoms with Crippen LogP contribution in [0.3, 0.4) is 0 Å². The zero-order chi connectivity index (χ0) is 21.9.